The van der Waals surface area contributed by atoms with E-state index >= 15 is 0 Å². The number of fused-ring (bicyclic) bond motifs is 1. The predicted octanol–water partition coefficient (Wildman–Crippen LogP) is 4.27. The highest BCUT2D eigenvalue weighted by molar-refractivity contribution is 6.31. The van der Waals surface area contributed by atoms with Gasteiger partial charge in [0.2, 0.25) is 5.91 Å². The van der Waals surface area contributed by atoms with Crippen molar-refractivity contribution in [2.75, 3.05) is 16.8 Å². The summed E-state index contributed by atoms with van der Waals surface area (Å²) >= 11 is 5.82. The first-order valence-electron chi connectivity index (χ1n) is 6.68. The van der Waals surface area contributed by atoms with Gasteiger partial charge >= 0.3 is 0 Å². The Balaban J connectivity index is 2.12. The first kappa shape index (κ1) is 13.9. The Kier molecular flexibility index (Phi) is 3.55. The van der Waals surface area contributed by atoms with Crippen LogP contribution in [-0.2, 0) is 4.79 Å². The van der Waals surface area contributed by atoms with E-state index in [0.717, 1.165) is 11.3 Å². The largest absolute Gasteiger partial charge is 0.339 e. The second-order valence-corrected chi connectivity index (χ2v) is 5.48. The molecule has 0 atom stereocenters. The first-order valence-corrected chi connectivity index (χ1v) is 7.05. The molecule has 1 aliphatic heterocycles. The lowest BCUT2D eigenvalue weighted by Gasteiger charge is -2.24. The van der Waals surface area contributed by atoms with Crippen molar-refractivity contribution in [2.45, 2.75) is 13.3 Å². The van der Waals surface area contributed by atoms with Gasteiger partial charge in [0.05, 0.1) is 16.4 Å². The van der Waals surface area contributed by atoms with Gasteiger partial charge in [-0.25, -0.2) is 4.39 Å². The van der Waals surface area contributed by atoms with Crippen LogP contribution in [0, 0.1) is 12.7 Å². The Hall–Kier alpha value is -2.07. The number of rotatable bonds is 1. The molecular formula is C16H14ClFN2O. The summed E-state index contributed by atoms with van der Waals surface area (Å²) in [5, 5.41) is 2.77. The molecule has 5 heteroatoms. The van der Waals surface area contributed by atoms with E-state index in [9.17, 15) is 9.18 Å². The molecule has 0 radical (unpaired) electrons. The number of anilines is 3. The van der Waals surface area contributed by atoms with Crippen LogP contribution in [0.1, 0.15) is 12.0 Å². The number of carbonyl (C=O) groups is 1. The van der Waals surface area contributed by atoms with Crippen molar-refractivity contribution in [3.63, 3.8) is 0 Å². The van der Waals surface area contributed by atoms with Crippen LogP contribution >= 0.6 is 11.6 Å². The Labute approximate surface area is 127 Å². The monoisotopic (exact) mass is 304 g/mol. The standard InChI is InChI=1S/C16H14ClFN2O/c1-10-2-4-11(5-3-10)20-7-6-16(21)19-14-8-12(17)13(18)9-15(14)20/h2-5,8-9H,6-7H2,1H3,(H,19,21). The highest BCUT2D eigenvalue weighted by atomic mass is 35.5. The summed E-state index contributed by atoms with van der Waals surface area (Å²) in [6, 6.07) is 10.7. The van der Waals surface area contributed by atoms with E-state index in [1.165, 1.54) is 12.1 Å². The van der Waals surface area contributed by atoms with Gasteiger partial charge in [0.25, 0.3) is 0 Å². The van der Waals surface area contributed by atoms with Crippen molar-refractivity contribution in [3.8, 4) is 0 Å². The molecule has 1 heterocycles. The fourth-order valence-electron chi connectivity index (χ4n) is 2.40. The molecule has 1 N–H and O–H groups in total. The molecule has 0 saturated carbocycles. The zero-order chi connectivity index (χ0) is 15.0. The van der Waals surface area contributed by atoms with Gasteiger partial charge in [-0.1, -0.05) is 29.3 Å². The Bertz CT molecular complexity index is 700. The summed E-state index contributed by atoms with van der Waals surface area (Å²) in [5.41, 5.74) is 3.21. The highest BCUT2D eigenvalue weighted by Gasteiger charge is 2.22. The molecule has 0 saturated heterocycles. The van der Waals surface area contributed by atoms with Crippen LogP contribution in [0.15, 0.2) is 36.4 Å². The molecule has 0 spiro atoms. The van der Waals surface area contributed by atoms with Crippen molar-refractivity contribution in [1.29, 1.82) is 0 Å². The minimum Gasteiger partial charge on any atom is -0.339 e. The molecule has 2 aromatic rings. The van der Waals surface area contributed by atoms with E-state index in [1.54, 1.807) is 0 Å². The number of nitrogens with one attached hydrogen (secondary N) is 1. The average Bonchev–Trinajstić information content (AvgIpc) is 2.60. The second kappa shape index (κ2) is 5.37. The number of benzene rings is 2. The summed E-state index contributed by atoms with van der Waals surface area (Å²) < 4.78 is 13.8. The predicted molar refractivity (Wildman–Crippen MR) is 82.8 cm³/mol. The van der Waals surface area contributed by atoms with E-state index in [-0.39, 0.29) is 10.9 Å². The number of nitrogens with zero attached hydrogens (tertiary/aromatic N) is 1. The third kappa shape index (κ3) is 2.72. The van der Waals surface area contributed by atoms with Gasteiger partial charge in [0, 0.05) is 24.7 Å². The van der Waals surface area contributed by atoms with Gasteiger partial charge in [-0.05, 0) is 25.1 Å². The average molecular weight is 305 g/mol. The molecule has 3 nitrogen and oxygen atoms in total. The van der Waals surface area contributed by atoms with Gasteiger partial charge in [0.1, 0.15) is 5.82 Å². The lowest BCUT2D eigenvalue weighted by atomic mass is 10.1. The van der Waals surface area contributed by atoms with Crippen LogP contribution in [0.4, 0.5) is 21.5 Å². The van der Waals surface area contributed by atoms with Crippen LogP contribution in [0.3, 0.4) is 0 Å². The van der Waals surface area contributed by atoms with Gasteiger partial charge in [0.15, 0.2) is 0 Å². The summed E-state index contributed by atoms with van der Waals surface area (Å²) in [6.07, 6.45) is 0.335. The quantitative estimate of drug-likeness (QED) is 0.853. The Morgan fingerprint density at radius 2 is 1.95 bits per heavy atom. The van der Waals surface area contributed by atoms with Gasteiger partial charge in [-0.2, -0.15) is 0 Å². The maximum absolute atomic E-state index is 13.8. The Morgan fingerprint density at radius 3 is 2.67 bits per heavy atom. The molecule has 0 aliphatic carbocycles. The molecule has 0 aromatic heterocycles. The second-order valence-electron chi connectivity index (χ2n) is 5.07. The van der Waals surface area contributed by atoms with Crippen molar-refractivity contribution < 1.29 is 9.18 Å². The topological polar surface area (TPSA) is 32.3 Å². The Morgan fingerprint density at radius 1 is 1.24 bits per heavy atom. The number of hydrogen-bond donors (Lipinski definition) is 1. The molecule has 0 unspecified atom stereocenters. The zero-order valence-corrected chi connectivity index (χ0v) is 12.2. The van der Waals surface area contributed by atoms with Gasteiger partial charge in [-0.3, -0.25) is 4.79 Å². The van der Waals surface area contributed by atoms with Crippen molar-refractivity contribution >= 4 is 34.6 Å². The molecule has 108 valence electrons. The van der Waals surface area contributed by atoms with Crippen LogP contribution in [-0.4, -0.2) is 12.5 Å². The molecule has 3 rings (SSSR count). The molecule has 2 aromatic carbocycles. The lowest BCUT2D eigenvalue weighted by molar-refractivity contribution is -0.115. The summed E-state index contributed by atoms with van der Waals surface area (Å²) in [4.78, 5) is 13.7. The number of carbonyl (C=O) groups excluding carboxylic acids is 1. The van der Waals surface area contributed by atoms with Crippen LogP contribution in [0.2, 0.25) is 5.02 Å². The normalized spacial score (nSPS) is 14.4. The maximum atomic E-state index is 13.8. The molecule has 21 heavy (non-hydrogen) atoms. The van der Waals surface area contributed by atoms with Crippen molar-refractivity contribution in [2.24, 2.45) is 0 Å². The van der Waals surface area contributed by atoms with Crippen molar-refractivity contribution in [3.05, 3.63) is 52.8 Å². The van der Waals surface area contributed by atoms with E-state index in [2.05, 4.69) is 5.32 Å². The third-order valence-electron chi connectivity index (χ3n) is 3.51. The number of aryl methyl sites for hydroxylation is 1. The third-order valence-corrected chi connectivity index (χ3v) is 3.80. The van der Waals surface area contributed by atoms with Crippen molar-refractivity contribution in [1.82, 2.24) is 0 Å². The minimum absolute atomic E-state index is 0.000180. The van der Waals surface area contributed by atoms with E-state index in [0.29, 0.717) is 24.3 Å². The van der Waals surface area contributed by atoms with Crippen LogP contribution in [0.5, 0.6) is 0 Å². The maximum Gasteiger partial charge on any atom is 0.226 e. The first-order chi connectivity index (χ1) is 10.0. The van der Waals surface area contributed by atoms with E-state index in [1.807, 2.05) is 36.1 Å². The zero-order valence-electron chi connectivity index (χ0n) is 11.5. The smallest absolute Gasteiger partial charge is 0.226 e. The van der Waals surface area contributed by atoms with Gasteiger partial charge in [-0.15, -0.1) is 0 Å². The summed E-state index contributed by atoms with van der Waals surface area (Å²) in [5.74, 6) is -0.600. The fraction of sp³-hybridized carbons (Fsp3) is 0.188. The van der Waals surface area contributed by atoms with E-state index < -0.39 is 5.82 Å². The molecule has 0 bridgehead atoms. The van der Waals surface area contributed by atoms with Gasteiger partial charge < -0.3 is 10.2 Å². The lowest BCUT2D eigenvalue weighted by Crippen LogP contribution is -2.19. The number of hydrogen-bond acceptors (Lipinski definition) is 2. The summed E-state index contributed by atoms with van der Waals surface area (Å²) in [7, 11) is 0. The number of amides is 1. The van der Waals surface area contributed by atoms with Crippen LogP contribution < -0.4 is 10.2 Å². The fourth-order valence-corrected chi connectivity index (χ4v) is 2.56. The SMILES string of the molecule is Cc1ccc(N2CCC(=O)Nc3cc(Cl)c(F)cc32)cc1. The van der Waals surface area contributed by atoms with E-state index in [4.69, 9.17) is 11.6 Å². The molecular weight excluding hydrogens is 291 g/mol. The summed E-state index contributed by atoms with van der Waals surface area (Å²) in [6.45, 7) is 2.49. The van der Waals surface area contributed by atoms with Crippen LogP contribution in [0.25, 0.3) is 0 Å². The molecule has 1 aliphatic rings. The number of halogens is 2. The molecule has 1 amide bonds. The minimum atomic E-state index is -0.497. The highest BCUT2D eigenvalue weighted by Crippen LogP contribution is 2.37. The molecule has 0 fully saturated rings.